The second kappa shape index (κ2) is 7.52. The summed E-state index contributed by atoms with van der Waals surface area (Å²) in [6.07, 6.45) is 3.52. The SMILES string of the molecule is N[C@@H]1CCCN(CCCOCc2ccccc2)C1. The van der Waals surface area contributed by atoms with Crippen LogP contribution in [0.3, 0.4) is 0 Å². The fraction of sp³-hybridized carbons (Fsp3) is 0.600. The van der Waals surface area contributed by atoms with Crippen LogP contribution in [0, 0.1) is 0 Å². The van der Waals surface area contributed by atoms with Crippen LogP contribution in [0.2, 0.25) is 0 Å². The molecule has 1 aliphatic heterocycles. The second-order valence-corrected chi connectivity index (χ2v) is 5.09. The summed E-state index contributed by atoms with van der Waals surface area (Å²) in [5, 5.41) is 0. The van der Waals surface area contributed by atoms with Crippen molar-refractivity contribution in [3.8, 4) is 0 Å². The molecule has 0 aromatic heterocycles. The van der Waals surface area contributed by atoms with E-state index < -0.39 is 0 Å². The predicted octanol–water partition coefficient (Wildman–Crippen LogP) is 2.02. The first kappa shape index (κ1) is 13.5. The number of piperidine rings is 1. The van der Waals surface area contributed by atoms with E-state index in [4.69, 9.17) is 10.5 Å². The van der Waals surface area contributed by atoms with E-state index in [1.165, 1.54) is 24.9 Å². The van der Waals surface area contributed by atoms with Gasteiger partial charge in [-0.1, -0.05) is 30.3 Å². The van der Waals surface area contributed by atoms with Gasteiger partial charge in [-0.25, -0.2) is 0 Å². The first-order valence-corrected chi connectivity index (χ1v) is 6.94. The Kier molecular flexibility index (Phi) is 5.65. The summed E-state index contributed by atoms with van der Waals surface area (Å²) in [7, 11) is 0. The normalized spacial score (nSPS) is 21.1. The van der Waals surface area contributed by atoms with Gasteiger partial charge in [0.25, 0.3) is 0 Å². The van der Waals surface area contributed by atoms with Crippen molar-refractivity contribution in [2.75, 3.05) is 26.2 Å². The molecule has 0 saturated carbocycles. The Hall–Kier alpha value is -0.900. The van der Waals surface area contributed by atoms with Crippen LogP contribution in [0.15, 0.2) is 30.3 Å². The molecule has 1 heterocycles. The Balaban J connectivity index is 1.53. The lowest BCUT2D eigenvalue weighted by atomic mass is 10.1. The first-order chi connectivity index (χ1) is 8.84. The summed E-state index contributed by atoms with van der Waals surface area (Å²) < 4.78 is 5.68. The minimum Gasteiger partial charge on any atom is -0.377 e. The molecule has 2 N–H and O–H groups in total. The summed E-state index contributed by atoms with van der Waals surface area (Å²) in [4.78, 5) is 2.46. The lowest BCUT2D eigenvalue weighted by Gasteiger charge is -2.30. The number of likely N-dealkylation sites (tertiary alicyclic amines) is 1. The molecule has 0 amide bonds. The van der Waals surface area contributed by atoms with Crippen molar-refractivity contribution in [2.45, 2.75) is 31.9 Å². The van der Waals surface area contributed by atoms with Gasteiger partial charge in [-0.15, -0.1) is 0 Å². The lowest BCUT2D eigenvalue weighted by Crippen LogP contribution is -2.43. The third kappa shape index (κ3) is 4.77. The zero-order valence-corrected chi connectivity index (χ0v) is 11.1. The number of nitrogens with two attached hydrogens (primary N) is 1. The van der Waals surface area contributed by atoms with Crippen molar-refractivity contribution in [3.63, 3.8) is 0 Å². The van der Waals surface area contributed by atoms with Gasteiger partial charge in [0.1, 0.15) is 0 Å². The Morgan fingerprint density at radius 1 is 1.28 bits per heavy atom. The van der Waals surface area contributed by atoms with Gasteiger partial charge in [0.05, 0.1) is 6.61 Å². The van der Waals surface area contributed by atoms with Crippen molar-refractivity contribution >= 4 is 0 Å². The smallest absolute Gasteiger partial charge is 0.0716 e. The van der Waals surface area contributed by atoms with E-state index in [-0.39, 0.29) is 0 Å². The standard InChI is InChI=1S/C15H24N2O/c16-15-8-4-9-17(12-15)10-5-11-18-13-14-6-2-1-3-7-14/h1-3,6-7,15H,4-5,8-13,16H2/t15-/m1/s1. The van der Waals surface area contributed by atoms with Crippen molar-refractivity contribution in [1.29, 1.82) is 0 Å². The lowest BCUT2D eigenvalue weighted by molar-refractivity contribution is 0.104. The van der Waals surface area contributed by atoms with E-state index in [1.54, 1.807) is 0 Å². The highest BCUT2D eigenvalue weighted by atomic mass is 16.5. The van der Waals surface area contributed by atoms with Crippen LogP contribution in [0.4, 0.5) is 0 Å². The molecule has 2 rings (SSSR count). The molecule has 3 nitrogen and oxygen atoms in total. The highest BCUT2D eigenvalue weighted by Crippen LogP contribution is 2.08. The van der Waals surface area contributed by atoms with E-state index in [1.807, 2.05) is 18.2 Å². The van der Waals surface area contributed by atoms with E-state index in [2.05, 4.69) is 17.0 Å². The monoisotopic (exact) mass is 248 g/mol. The van der Waals surface area contributed by atoms with Crippen LogP contribution in [0.25, 0.3) is 0 Å². The summed E-state index contributed by atoms with van der Waals surface area (Å²) in [6, 6.07) is 10.7. The quantitative estimate of drug-likeness (QED) is 0.783. The van der Waals surface area contributed by atoms with Gasteiger partial charge in [-0.05, 0) is 31.4 Å². The molecule has 1 aliphatic rings. The third-order valence-electron chi connectivity index (χ3n) is 3.42. The summed E-state index contributed by atoms with van der Waals surface area (Å²) >= 11 is 0. The average Bonchev–Trinajstić information content (AvgIpc) is 2.40. The van der Waals surface area contributed by atoms with E-state index in [0.717, 1.165) is 32.7 Å². The maximum atomic E-state index is 5.96. The van der Waals surface area contributed by atoms with E-state index >= 15 is 0 Å². The van der Waals surface area contributed by atoms with Crippen LogP contribution in [-0.4, -0.2) is 37.2 Å². The van der Waals surface area contributed by atoms with Gasteiger partial charge in [0, 0.05) is 25.7 Å². The molecule has 18 heavy (non-hydrogen) atoms. The Morgan fingerprint density at radius 2 is 2.11 bits per heavy atom. The van der Waals surface area contributed by atoms with Crippen LogP contribution in [0.1, 0.15) is 24.8 Å². The third-order valence-corrected chi connectivity index (χ3v) is 3.42. The van der Waals surface area contributed by atoms with E-state index in [9.17, 15) is 0 Å². The van der Waals surface area contributed by atoms with Gasteiger partial charge in [0.2, 0.25) is 0 Å². The molecule has 0 spiro atoms. The minimum absolute atomic E-state index is 0.379. The fourth-order valence-electron chi connectivity index (χ4n) is 2.45. The number of rotatable bonds is 6. The molecule has 1 atom stereocenters. The van der Waals surface area contributed by atoms with Crippen molar-refractivity contribution in [3.05, 3.63) is 35.9 Å². The van der Waals surface area contributed by atoms with Crippen molar-refractivity contribution in [2.24, 2.45) is 5.73 Å². The molecular formula is C15H24N2O. The van der Waals surface area contributed by atoms with Gasteiger partial charge in [-0.3, -0.25) is 0 Å². The molecule has 0 bridgehead atoms. The first-order valence-electron chi connectivity index (χ1n) is 6.94. The summed E-state index contributed by atoms with van der Waals surface area (Å²) in [6.45, 7) is 4.93. The molecule has 100 valence electrons. The van der Waals surface area contributed by atoms with Crippen molar-refractivity contribution in [1.82, 2.24) is 4.90 Å². The largest absolute Gasteiger partial charge is 0.377 e. The van der Waals surface area contributed by atoms with Crippen LogP contribution in [0.5, 0.6) is 0 Å². The Morgan fingerprint density at radius 3 is 2.89 bits per heavy atom. The van der Waals surface area contributed by atoms with Crippen molar-refractivity contribution < 1.29 is 4.74 Å². The second-order valence-electron chi connectivity index (χ2n) is 5.09. The molecule has 0 radical (unpaired) electrons. The molecule has 3 heteroatoms. The van der Waals surface area contributed by atoms with Gasteiger partial charge in [0.15, 0.2) is 0 Å². The fourth-order valence-corrected chi connectivity index (χ4v) is 2.45. The maximum absolute atomic E-state index is 5.96. The zero-order valence-electron chi connectivity index (χ0n) is 11.1. The van der Waals surface area contributed by atoms with Gasteiger partial charge >= 0.3 is 0 Å². The Bertz CT molecular complexity index is 329. The minimum atomic E-state index is 0.379. The number of ether oxygens (including phenoxy) is 1. The van der Waals surface area contributed by atoms with Crippen LogP contribution >= 0.6 is 0 Å². The highest BCUT2D eigenvalue weighted by Gasteiger charge is 2.15. The molecule has 1 aromatic carbocycles. The van der Waals surface area contributed by atoms with Crippen LogP contribution in [-0.2, 0) is 11.3 Å². The van der Waals surface area contributed by atoms with Gasteiger partial charge in [-0.2, -0.15) is 0 Å². The van der Waals surface area contributed by atoms with Crippen LogP contribution < -0.4 is 5.73 Å². The number of nitrogens with zero attached hydrogens (tertiary/aromatic N) is 1. The van der Waals surface area contributed by atoms with E-state index in [0.29, 0.717) is 6.04 Å². The Labute approximate surface area is 110 Å². The highest BCUT2D eigenvalue weighted by molar-refractivity contribution is 5.13. The molecule has 0 unspecified atom stereocenters. The molecule has 1 saturated heterocycles. The average molecular weight is 248 g/mol. The number of benzene rings is 1. The number of hydrogen-bond donors (Lipinski definition) is 1. The molecule has 1 fully saturated rings. The number of hydrogen-bond acceptors (Lipinski definition) is 3. The molecule has 1 aromatic rings. The van der Waals surface area contributed by atoms with Gasteiger partial charge < -0.3 is 15.4 Å². The topological polar surface area (TPSA) is 38.5 Å². The maximum Gasteiger partial charge on any atom is 0.0716 e. The summed E-state index contributed by atoms with van der Waals surface area (Å²) in [5.41, 5.74) is 7.21. The molecule has 0 aliphatic carbocycles. The molecular weight excluding hydrogens is 224 g/mol. The summed E-state index contributed by atoms with van der Waals surface area (Å²) in [5.74, 6) is 0. The predicted molar refractivity (Wildman–Crippen MR) is 74.4 cm³/mol. The zero-order chi connectivity index (χ0) is 12.6.